The van der Waals surface area contributed by atoms with Gasteiger partial charge in [-0.3, -0.25) is 9.69 Å². The van der Waals surface area contributed by atoms with Crippen LogP contribution in [0.5, 0.6) is 0 Å². The zero-order valence-electron chi connectivity index (χ0n) is 19.2. The van der Waals surface area contributed by atoms with Gasteiger partial charge in [0.2, 0.25) is 5.13 Å². The number of nitriles is 1. The number of hydrogen-bond acceptors (Lipinski definition) is 10. The molecule has 3 heterocycles. The molecule has 0 bridgehead atoms. The Balaban J connectivity index is 1.90. The topological polar surface area (TPSA) is 95.9 Å². The SMILES string of the molecule is CCCSc1nnc(N2C(N)=C(C#N)C(c3sccc3SCC)C3=C2CC(C)(C)CC3=O)s1. The molecule has 6 nitrogen and oxygen atoms in total. The third-order valence-corrected chi connectivity index (χ3v) is 9.93. The maximum absolute atomic E-state index is 13.6. The number of allylic oxidation sites excluding steroid dienone is 3. The first-order valence-electron chi connectivity index (χ1n) is 10.9. The Labute approximate surface area is 211 Å². The summed E-state index contributed by atoms with van der Waals surface area (Å²) in [5, 5.41) is 21.6. The molecule has 2 aromatic heterocycles. The largest absolute Gasteiger partial charge is 0.384 e. The summed E-state index contributed by atoms with van der Waals surface area (Å²) < 4.78 is 0.865. The van der Waals surface area contributed by atoms with Crippen LogP contribution in [-0.4, -0.2) is 27.5 Å². The quantitative estimate of drug-likeness (QED) is 0.437. The van der Waals surface area contributed by atoms with Crippen LogP contribution in [0.3, 0.4) is 0 Å². The maximum atomic E-state index is 13.6. The standard InChI is InChI=1S/C23H27N5OS4/c1-5-8-32-22-27-26-21(33-22)28-14-10-23(3,4)11-15(29)18(14)17(13(12-24)20(28)25)19-16(30-6-2)7-9-31-19/h7,9,17H,5-6,8,10-11,25H2,1-4H3. The van der Waals surface area contributed by atoms with Gasteiger partial charge in [-0.1, -0.05) is 50.8 Å². The molecule has 2 aromatic rings. The first-order chi connectivity index (χ1) is 15.8. The zero-order chi connectivity index (χ0) is 23.8. The van der Waals surface area contributed by atoms with Gasteiger partial charge in [0.25, 0.3) is 0 Å². The molecule has 2 aliphatic rings. The Morgan fingerprint density at radius 1 is 1.30 bits per heavy atom. The summed E-state index contributed by atoms with van der Waals surface area (Å²) >= 11 is 6.44. The molecule has 0 saturated carbocycles. The average molecular weight is 518 g/mol. The number of nitrogens with zero attached hydrogens (tertiary/aromatic N) is 4. The van der Waals surface area contributed by atoms with E-state index in [0.717, 1.165) is 37.7 Å². The van der Waals surface area contributed by atoms with Gasteiger partial charge < -0.3 is 5.73 Å². The normalized spacial score (nSPS) is 20.3. The first kappa shape index (κ1) is 24.3. The molecule has 4 rings (SSSR count). The van der Waals surface area contributed by atoms with E-state index < -0.39 is 5.92 Å². The smallest absolute Gasteiger partial charge is 0.219 e. The fourth-order valence-corrected chi connectivity index (χ4v) is 8.18. The van der Waals surface area contributed by atoms with Crippen LogP contribution in [0.2, 0.25) is 0 Å². The van der Waals surface area contributed by atoms with Crippen LogP contribution in [-0.2, 0) is 4.79 Å². The highest BCUT2D eigenvalue weighted by molar-refractivity contribution is 8.01. The van der Waals surface area contributed by atoms with Crippen LogP contribution >= 0.6 is 46.2 Å². The second-order valence-electron chi connectivity index (χ2n) is 8.76. The highest BCUT2D eigenvalue weighted by atomic mass is 32.2. The second-order valence-corrected chi connectivity index (χ2v) is 13.3. The van der Waals surface area contributed by atoms with Gasteiger partial charge in [-0.25, -0.2) is 0 Å². The third kappa shape index (κ3) is 4.61. The number of thioether (sulfide) groups is 2. The molecule has 0 aromatic carbocycles. The van der Waals surface area contributed by atoms with Crippen molar-refractivity contribution in [1.29, 1.82) is 5.26 Å². The van der Waals surface area contributed by atoms with Crippen LogP contribution in [0.1, 0.15) is 57.8 Å². The molecule has 10 heteroatoms. The fourth-order valence-electron chi connectivity index (χ4n) is 4.32. The van der Waals surface area contributed by atoms with E-state index in [2.05, 4.69) is 50.0 Å². The molecule has 0 fully saturated rings. The monoisotopic (exact) mass is 517 g/mol. The summed E-state index contributed by atoms with van der Waals surface area (Å²) in [6.45, 7) is 8.44. The van der Waals surface area contributed by atoms with Gasteiger partial charge in [-0.15, -0.1) is 33.3 Å². The van der Waals surface area contributed by atoms with Crippen molar-refractivity contribution in [3.05, 3.63) is 39.0 Å². The molecule has 174 valence electrons. The molecule has 1 atom stereocenters. The lowest BCUT2D eigenvalue weighted by molar-refractivity contribution is -0.118. The maximum Gasteiger partial charge on any atom is 0.219 e. The summed E-state index contributed by atoms with van der Waals surface area (Å²) in [5.74, 6) is 1.89. The van der Waals surface area contributed by atoms with Crippen molar-refractivity contribution in [2.24, 2.45) is 11.1 Å². The second kappa shape index (κ2) is 9.82. The number of anilines is 1. The highest BCUT2D eigenvalue weighted by Crippen LogP contribution is 2.52. The fraction of sp³-hybridized carbons (Fsp3) is 0.478. The zero-order valence-corrected chi connectivity index (χ0v) is 22.4. The Morgan fingerprint density at radius 3 is 2.79 bits per heavy atom. The van der Waals surface area contributed by atoms with Gasteiger partial charge in [0.15, 0.2) is 10.1 Å². The molecular formula is C23H27N5OS4. The van der Waals surface area contributed by atoms with E-state index in [1.165, 1.54) is 11.3 Å². The van der Waals surface area contributed by atoms with Gasteiger partial charge in [-0.05, 0) is 35.5 Å². The number of nitrogens with two attached hydrogens (primary N) is 1. The number of ketones is 1. The predicted molar refractivity (Wildman–Crippen MR) is 139 cm³/mol. The van der Waals surface area contributed by atoms with Crippen molar-refractivity contribution in [1.82, 2.24) is 10.2 Å². The Kier molecular flexibility index (Phi) is 7.24. The minimum atomic E-state index is -0.430. The molecule has 0 amide bonds. The molecular weight excluding hydrogens is 491 g/mol. The van der Waals surface area contributed by atoms with Crippen molar-refractivity contribution in [3.8, 4) is 6.07 Å². The minimum Gasteiger partial charge on any atom is -0.384 e. The van der Waals surface area contributed by atoms with E-state index in [9.17, 15) is 10.1 Å². The molecule has 0 radical (unpaired) electrons. The van der Waals surface area contributed by atoms with Crippen LogP contribution < -0.4 is 10.6 Å². The molecule has 1 aliphatic heterocycles. The Bertz CT molecular complexity index is 1170. The summed E-state index contributed by atoms with van der Waals surface area (Å²) in [6.07, 6.45) is 2.18. The van der Waals surface area contributed by atoms with Crippen molar-refractivity contribution in [3.63, 3.8) is 0 Å². The van der Waals surface area contributed by atoms with Crippen molar-refractivity contribution in [2.45, 2.75) is 62.1 Å². The summed E-state index contributed by atoms with van der Waals surface area (Å²) in [5.41, 5.74) is 8.47. The van der Waals surface area contributed by atoms with Gasteiger partial charge in [-0.2, -0.15) is 5.26 Å². The minimum absolute atomic E-state index is 0.0856. The lowest BCUT2D eigenvalue weighted by atomic mass is 9.70. The molecule has 0 spiro atoms. The van der Waals surface area contributed by atoms with E-state index >= 15 is 0 Å². The van der Waals surface area contributed by atoms with Gasteiger partial charge in [0.05, 0.1) is 17.6 Å². The number of thiophene rings is 1. The first-order valence-corrected chi connectivity index (χ1v) is 14.6. The van der Waals surface area contributed by atoms with Crippen molar-refractivity contribution < 1.29 is 4.79 Å². The summed E-state index contributed by atoms with van der Waals surface area (Å²) in [4.78, 5) is 17.6. The molecule has 2 N–H and O–H groups in total. The molecule has 0 saturated heterocycles. The van der Waals surface area contributed by atoms with E-state index in [1.807, 2.05) is 10.3 Å². The van der Waals surface area contributed by atoms with Crippen LogP contribution in [0, 0.1) is 16.7 Å². The van der Waals surface area contributed by atoms with E-state index in [1.54, 1.807) is 34.9 Å². The van der Waals surface area contributed by atoms with Crippen molar-refractivity contribution >= 4 is 57.1 Å². The number of hydrogen-bond donors (Lipinski definition) is 1. The van der Waals surface area contributed by atoms with Crippen molar-refractivity contribution in [2.75, 3.05) is 16.4 Å². The molecule has 1 aliphatic carbocycles. The van der Waals surface area contributed by atoms with E-state index in [0.29, 0.717) is 34.9 Å². The number of rotatable bonds is 7. The predicted octanol–water partition coefficient (Wildman–Crippen LogP) is 6.15. The third-order valence-electron chi connectivity index (χ3n) is 5.62. The van der Waals surface area contributed by atoms with Gasteiger partial charge in [0, 0.05) is 33.2 Å². The average Bonchev–Trinajstić information content (AvgIpc) is 3.40. The van der Waals surface area contributed by atoms with Crippen LogP contribution in [0.15, 0.2) is 43.3 Å². The number of carbonyl (C=O) groups excluding carboxylic acids is 1. The summed E-state index contributed by atoms with van der Waals surface area (Å²) in [7, 11) is 0. The van der Waals surface area contributed by atoms with Crippen LogP contribution in [0.4, 0.5) is 5.13 Å². The Morgan fingerprint density at radius 2 is 2.09 bits per heavy atom. The van der Waals surface area contributed by atoms with Crippen LogP contribution in [0.25, 0.3) is 0 Å². The Hall–Kier alpha value is -1.80. The van der Waals surface area contributed by atoms with Gasteiger partial charge >= 0.3 is 0 Å². The number of Topliss-reactive ketones (excluding diaryl/α,β-unsaturated/α-hetero) is 1. The van der Waals surface area contributed by atoms with E-state index in [4.69, 9.17) is 5.73 Å². The lowest BCUT2D eigenvalue weighted by Crippen LogP contribution is -2.42. The van der Waals surface area contributed by atoms with E-state index in [-0.39, 0.29) is 11.2 Å². The molecule has 1 unspecified atom stereocenters. The lowest BCUT2D eigenvalue weighted by Gasteiger charge is -2.42. The summed E-state index contributed by atoms with van der Waals surface area (Å²) in [6, 6.07) is 4.43. The van der Waals surface area contributed by atoms with Gasteiger partial charge in [0.1, 0.15) is 5.82 Å². The number of carbonyl (C=O) groups is 1. The number of aromatic nitrogens is 2. The highest BCUT2D eigenvalue weighted by Gasteiger charge is 2.46. The molecule has 33 heavy (non-hydrogen) atoms.